The van der Waals surface area contributed by atoms with Crippen LogP contribution in [0.4, 0.5) is 0 Å². The van der Waals surface area contributed by atoms with Gasteiger partial charge in [-0.2, -0.15) is 0 Å². The van der Waals surface area contributed by atoms with Crippen molar-refractivity contribution in [3.05, 3.63) is 42.2 Å². The van der Waals surface area contributed by atoms with E-state index in [1.165, 1.54) is 29.3 Å². The van der Waals surface area contributed by atoms with Gasteiger partial charge >= 0.3 is 0 Å². The predicted octanol–water partition coefficient (Wildman–Crippen LogP) is 3.50. The maximum atomic E-state index is 4.53. The van der Waals surface area contributed by atoms with Gasteiger partial charge in [0.05, 0.1) is 11.7 Å². The van der Waals surface area contributed by atoms with Crippen molar-refractivity contribution in [1.82, 2.24) is 10.3 Å². The summed E-state index contributed by atoms with van der Waals surface area (Å²) in [5.74, 6) is 0. The fourth-order valence-electron chi connectivity index (χ4n) is 2.34. The largest absolute Gasteiger partial charge is 0.309 e. The molecule has 1 aliphatic rings. The van der Waals surface area contributed by atoms with Gasteiger partial charge in [-0.05, 0) is 30.8 Å². The molecule has 1 N–H and O–H groups in total. The van der Waals surface area contributed by atoms with Gasteiger partial charge in [-0.1, -0.05) is 24.3 Å². The van der Waals surface area contributed by atoms with Gasteiger partial charge < -0.3 is 5.32 Å². The second-order valence-corrected chi connectivity index (χ2v) is 4.07. The molecule has 1 atom stereocenters. The fourth-order valence-corrected chi connectivity index (χ4v) is 2.34. The minimum atomic E-state index is 0. The average molecular weight is 271 g/mol. The molecule has 4 heteroatoms. The standard InChI is InChI=1S/C13H14N2.2ClH/c1-2-5-11-10(4-1)7-9-15-13(11)12-6-3-8-14-12;;/h1-2,4-5,7,9,12,14H,3,6,8H2;2*1H/t12-;;/m0../s1. The van der Waals surface area contributed by atoms with E-state index in [1.807, 2.05) is 6.20 Å². The Morgan fingerprint density at radius 3 is 2.71 bits per heavy atom. The van der Waals surface area contributed by atoms with Crippen molar-refractivity contribution in [2.45, 2.75) is 18.9 Å². The van der Waals surface area contributed by atoms with Gasteiger partial charge in [0, 0.05) is 11.6 Å². The molecule has 1 aromatic heterocycles. The van der Waals surface area contributed by atoms with Crippen LogP contribution in [0.3, 0.4) is 0 Å². The van der Waals surface area contributed by atoms with E-state index in [0.29, 0.717) is 6.04 Å². The maximum absolute atomic E-state index is 4.53. The highest BCUT2D eigenvalue weighted by atomic mass is 35.5. The Morgan fingerprint density at radius 1 is 1.12 bits per heavy atom. The zero-order valence-electron chi connectivity index (χ0n) is 9.43. The van der Waals surface area contributed by atoms with E-state index < -0.39 is 0 Å². The van der Waals surface area contributed by atoms with E-state index >= 15 is 0 Å². The summed E-state index contributed by atoms with van der Waals surface area (Å²) < 4.78 is 0. The summed E-state index contributed by atoms with van der Waals surface area (Å²) >= 11 is 0. The Bertz CT molecular complexity index is 476. The van der Waals surface area contributed by atoms with E-state index in [1.54, 1.807) is 0 Å². The number of halogens is 2. The molecule has 1 fully saturated rings. The van der Waals surface area contributed by atoms with Crippen LogP contribution in [0.25, 0.3) is 10.8 Å². The zero-order valence-corrected chi connectivity index (χ0v) is 11.1. The van der Waals surface area contributed by atoms with Crippen LogP contribution >= 0.6 is 24.8 Å². The SMILES string of the molecule is Cl.Cl.c1ccc2c([C@@H]3CCCN3)nccc2c1. The first-order valence-corrected chi connectivity index (χ1v) is 5.52. The van der Waals surface area contributed by atoms with Crippen molar-refractivity contribution in [3.8, 4) is 0 Å². The molecule has 1 aliphatic heterocycles. The third-order valence-electron chi connectivity index (χ3n) is 3.09. The molecule has 0 spiro atoms. The van der Waals surface area contributed by atoms with Gasteiger partial charge in [0.2, 0.25) is 0 Å². The van der Waals surface area contributed by atoms with Crippen molar-refractivity contribution in [2.75, 3.05) is 6.54 Å². The lowest BCUT2D eigenvalue weighted by molar-refractivity contribution is 0.634. The lowest BCUT2D eigenvalue weighted by Gasteiger charge is -2.12. The number of benzene rings is 1. The van der Waals surface area contributed by atoms with Gasteiger partial charge in [-0.15, -0.1) is 24.8 Å². The van der Waals surface area contributed by atoms with Crippen LogP contribution in [0, 0.1) is 0 Å². The van der Waals surface area contributed by atoms with Crippen molar-refractivity contribution in [3.63, 3.8) is 0 Å². The third-order valence-corrected chi connectivity index (χ3v) is 3.09. The van der Waals surface area contributed by atoms with Crippen LogP contribution in [0.5, 0.6) is 0 Å². The summed E-state index contributed by atoms with van der Waals surface area (Å²) in [6.45, 7) is 1.12. The molecule has 0 aliphatic carbocycles. The molecule has 2 aromatic rings. The molecule has 0 bridgehead atoms. The van der Waals surface area contributed by atoms with Gasteiger partial charge in [-0.25, -0.2) is 0 Å². The van der Waals surface area contributed by atoms with Crippen molar-refractivity contribution in [1.29, 1.82) is 0 Å². The molecule has 0 radical (unpaired) electrons. The molecule has 0 unspecified atom stereocenters. The Hall–Kier alpha value is -0.830. The lowest BCUT2D eigenvalue weighted by Crippen LogP contribution is -2.14. The maximum Gasteiger partial charge on any atom is 0.0651 e. The molecule has 1 aromatic carbocycles. The van der Waals surface area contributed by atoms with Crippen LogP contribution in [0.2, 0.25) is 0 Å². The third kappa shape index (κ3) is 2.71. The summed E-state index contributed by atoms with van der Waals surface area (Å²) in [5, 5.41) is 6.08. The molecule has 1 saturated heterocycles. The second-order valence-electron chi connectivity index (χ2n) is 4.07. The highest BCUT2D eigenvalue weighted by Gasteiger charge is 2.18. The molecular weight excluding hydrogens is 255 g/mol. The van der Waals surface area contributed by atoms with Gasteiger partial charge in [-0.3, -0.25) is 4.98 Å². The molecule has 0 amide bonds. The van der Waals surface area contributed by atoms with Crippen molar-refractivity contribution in [2.24, 2.45) is 0 Å². The summed E-state index contributed by atoms with van der Waals surface area (Å²) in [6.07, 6.45) is 4.38. The topological polar surface area (TPSA) is 24.9 Å². The van der Waals surface area contributed by atoms with Crippen LogP contribution < -0.4 is 5.32 Å². The molecule has 17 heavy (non-hydrogen) atoms. The van der Waals surface area contributed by atoms with Gasteiger partial charge in [0.25, 0.3) is 0 Å². The number of hydrogen-bond donors (Lipinski definition) is 1. The van der Waals surface area contributed by atoms with E-state index in [2.05, 4.69) is 40.6 Å². The Labute approximate surface area is 114 Å². The first-order valence-electron chi connectivity index (χ1n) is 5.52. The van der Waals surface area contributed by atoms with Crippen LogP contribution in [0.1, 0.15) is 24.6 Å². The smallest absolute Gasteiger partial charge is 0.0651 e. The number of nitrogens with zero attached hydrogens (tertiary/aromatic N) is 1. The van der Waals surface area contributed by atoms with Crippen LogP contribution in [0.15, 0.2) is 36.5 Å². The van der Waals surface area contributed by atoms with E-state index in [0.717, 1.165) is 6.54 Å². The average Bonchev–Trinajstić information content (AvgIpc) is 2.82. The molecule has 0 saturated carbocycles. The number of aromatic nitrogens is 1. The van der Waals surface area contributed by atoms with Crippen LogP contribution in [-0.4, -0.2) is 11.5 Å². The number of nitrogens with one attached hydrogen (secondary N) is 1. The monoisotopic (exact) mass is 270 g/mol. The number of fused-ring (bicyclic) bond motifs is 1. The summed E-state index contributed by atoms with van der Waals surface area (Å²) in [5.41, 5.74) is 1.21. The summed E-state index contributed by atoms with van der Waals surface area (Å²) in [4.78, 5) is 4.53. The fraction of sp³-hybridized carbons (Fsp3) is 0.308. The number of hydrogen-bond acceptors (Lipinski definition) is 2. The lowest BCUT2D eigenvalue weighted by atomic mass is 10.0. The molecule has 2 heterocycles. The van der Waals surface area contributed by atoms with E-state index in [4.69, 9.17) is 0 Å². The quantitative estimate of drug-likeness (QED) is 0.858. The highest BCUT2D eigenvalue weighted by Crippen LogP contribution is 2.27. The first-order chi connectivity index (χ1) is 7.45. The van der Waals surface area contributed by atoms with Crippen molar-refractivity contribution < 1.29 is 0 Å². The molecular formula is C13H16Cl2N2. The normalized spacial score (nSPS) is 18.5. The van der Waals surface area contributed by atoms with Crippen molar-refractivity contribution >= 4 is 35.6 Å². The number of rotatable bonds is 1. The minimum Gasteiger partial charge on any atom is -0.309 e. The Morgan fingerprint density at radius 2 is 1.94 bits per heavy atom. The number of pyridine rings is 1. The summed E-state index contributed by atoms with van der Waals surface area (Å²) in [7, 11) is 0. The van der Waals surface area contributed by atoms with E-state index in [-0.39, 0.29) is 24.8 Å². The second kappa shape index (κ2) is 6.20. The molecule has 3 rings (SSSR count). The highest BCUT2D eigenvalue weighted by molar-refractivity contribution is 5.86. The Kier molecular flexibility index (Phi) is 5.19. The van der Waals surface area contributed by atoms with E-state index in [9.17, 15) is 0 Å². The molecule has 92 valence electrons. The zero-order chi connectivity index (χ0) is 10.1. The Balaban J connectivity index is 0.000000722. The van der Waals surface area contributed by atoms with Crippen LogP contribution in [-0.2, 0) is 0 Å². The van der Waals surface area contributed by atoms with Gasteiger partial charge in [0.15, 0.2) is 0 Å². The summed E-state index contributed by atoms with van der Waals surface area (Å²) in [6, 6.07) is 11.0. The first kappa shape index (κ1) is 14.2. The molecule has 2 nitrogen and oxygen atoms in total. The van der Waals surface area contributed by atoms with Gasteiger partial charge in [0.1, 0.15) is 0 Å². The minimum absolute atomic E-state index is 0. The predicted molar refractivity (Wildman–Crippen MR) is 76.2 cm³/mol.